The fraction of sp³-hybridized carbons (Fsp3) is 0.533. The van der Waals surface area contributed by atoms with Gasteiger partial charge in [0.2, 0.25) is 0 Å². The van der Waals surface area contributed by atoms with Crippen LogP contribution in [-0.2, 0) is 11.3 Å². The molecule has 0 aromatic carbocycles. The van der Waals surface area contributed by atoms with Crippen molar-refractivity contribution in [2.24, 2.45) is 0 Å². The summed E-state index contributed by atoms with van der Waals surface area (Å²) in [5.41, 5.74) is 3.25. The number of morpholine rings is 1. The smallest absolute Gasteiger partial charge is 0.152 e. The van der Waals surface area contributed by atoms with Gasteiger partial charge in [-0.1, -0.05) is 0 Å². The minimum Gasteiger partial charge on any atom is -0.369 e. The molecule has 0 bridgehead atoms. The first-order valence-corrected chi connectivity index (χ1v) is 7.46. The average molecular weight is 302 g/mol. The molecular formula is C15H22N6O. The molecule has 1 aliphatic rings. The number of ether oxygens (including phenoxy) is 1. The lowest BCUT2D eigenvalue weighted by Crippen LogP contribution is -2.38. The predicted molar refractivity (Wildman–Crippen MR) is 83.7 cm³/mol. The van der Waals surface area contributed by atoms with Crippen LogP contribution in [0.2, 0.25) is 0 Å². The summed E-state index contributed by atoms with van der Waals surface area (Å²) >= 11 is 0. The first kappa shape index (κ1) is 14.9. The Morgan fingerprint density at radius 1 is 1.36 bits per heavy atom. The first-order chi connectivity index (χ1) is 10.6. The molecule has 118 valence electrons. The van der Waals surface area contributed by atoms with E-state index in [9.17, 15) is 0 Å². The van der Waals surface area contributed by atoms with E-state index < -0.39 is 0 Å². The number of hydrogen-bond acceptors (Lipinski definition) is 6. The van der Waals surface area contributed by atoms with Crippen molar-refractivity contribution in [2.75, 3.05) is 38.7 Å². The van der Waals surface area contributed by atoms with E-state index in [-0.39, 0.29) is 6.10 Å². The fourth-order valence-electron chi connectivity index (χ4n) is 2.70. The second kappa shape index (κ2) is 6.41. The SMILES string of the molecule is Cc1[nH]ncc1CN1CCO[C@@H](c2nccnc2N(C)C)C1. The highest BCUT2D eigenvalue weighted by Gasteiger charge is 2.26. The largest absolute Gasteiger partial charge is 0.369 e. The Labute approximate surface area is 130 Å². The third-order valence-electron chi connectivity index (χ3n) is 3.91. The predicted octanol–water partition coefficient (Wildman–Crippen LogP) is 1.15. The number of anilines is 1. The van der Waals surface area contributed by atoms with Crippen molar-refractivity contribution in [1.82, 2.24) is 25.1 Å². The number of nitrogens with zero attached hydrogens (tertiary/aromatic N) is 5. The van der Waals surface area contributed by atoms with Crippen LogP contribution in [0.1, 0.15) is 23.1 Å². The minimum absolute atomic E-state index is 0.0490. The number of H-pyrrole nitrogens is 1. The van der Waals surface area contributed by atoms with Gasteiger partial charge in [0, 0.05) is 57.4 Å². The molecule has 0 spiro atoms. The normalized spacial score (nSPS) is 19.3. The zero-order valence-corrected chi connectivity index (χ0v) is 13.3. The van der Waals surface area contributed by atoms with E-state index in [2.05, 4.69) is 25.1 Å². The standard InChI is InChI=1S/C15H22N6O/c1-11-12(8-18-19-11)9-21-6-7-22-13(10-21)14-15(20(2)3)17-5-4-16-14/h4-5,8,13H,6-7,9-10H2,1-3H3,(H,18,19)/t13-/m1/s1. The maximum Gasteiger partial charge on any atom is 0.152 e. The van der Waals surface area contributed by atoms with Gasteiger partial charge in [0.1, 0.15) is 11.8 Å². The Hall–Kier alpha value is -1.99. The van der Waals surface area contributed by atoms with Crippen LogP contribution in [0.5, 0.6) is 0 Å². The van der Waals surface area contributed by atoms with Gasteiger partial charge in [0.25, 0.3) is 0 Å². The summed E-state index contributed by atoms with van der Waals surface area (Å²) in [5, 5.41) is 7.08. The molecular weight excluding hydrogens is 280 g/mol. The van der Waals surface area contributed by atoms with Crippen molar-refractivity contribution < 1.29 is 4.74 Å². The zero-order valence-electron chi connectivity index (χ0n) is 13.3. The van der Waals surface area contributed by atoms with Crippen LogP contribution in [0.3, 0.4) is 0 Å². The molecule has 1 aliphatic heterocycles. The van der Waals surface area contributed by atoms with Crippen LogP contribution in [-0.4, -0.2) is 58.9 Å². The Balaban J connectivity index is 1.75. The molecule has 1 saturated heterocycles. The topological polar surface area (TPSA) is 70.2 Å². The highest BCUT2D eigenvalue weighted by atomic mass is 16.5. The maximum absolute atomic E-state index is 5.94. The van der Waals surface area contributed by atoms with Crippen molar-refractivity contribution in [3.8, 4) is 0 Å². The van der Waals surface area contributed by atoms with E-state index in [1.165, 1.54) is 5.56 Å². The molecule has 0 unspecified atom stereocenters. The number of aromatic nitrogens is 4. The highest BCUT2D eigenvalue weighted by Crippen LogP contribution is 2.27. The second-order valence-electron chi connectivity index (χ2n) is 5.77. The minimum atomic E-state index is -0.0490. The molecule has 22 heavy (non-hydrogen) atoms. The van der Waals surface area contributed by atoms with Gasteiger partial charge in [-0.2, -0.15) is 5.10 Å². The van der Waals surface area contributed by atoms with Gasteiger partial charge in [-0.3, -0.25) is 15.0 Å². The van der Waals surface area contributed by atoms with E-state index in [1.807, 2.05) is 32.1 Å². The molecule has 7 nitrogen and oxygen atoms in total. The molecule has 0 saturated carbocycles. The Bertz CT molecular complexity index is 626. The summed E-state index contributed by atoms with van der Waals surface area (Å²) in [6, 6.07) is 0. The number of rotatable bonds is 4. The van der Waals surface area contributed by atoms with Gasteiger partial charge < -0.3 is 9.64 Å². The second-order valence-corrected chi connectivity index (χ2v) is 5.77. The van der Waals surface area contributed by atoms with Crippen LogP contribution < -0.4 is 4.90 Å². The first-order valence-electron chi connectivity index (χ1n) is 7.46. The molecule has 3 heterocycles. The lowest BCUT2D eigenvalue weighted by atomic mass is 10.1. The number of aryl methyl sites for hydroxylation is 1. The van der Waals surface area contributed by atoms with Crippen molar-refractivity contribution in [2.45, 2.75) is 19.6 Å². The highest BCUT2D eigenvalue weighted by molar-refractivity contribution is 5.42. The van der Waals surface area contributed by atoms with Crippen molar-refractivity contribution >= 4 is 5.82 Å². The summed E-state index contributed by atoms with van der Waals surface area (Å²) < 4.78 is 5.94. The molecule has 0 amide bonds. The Morgan fingerprint density at radius 2 is 2.18 bits per heavy atom. The zero-order chi connectivity index (χ0) is 15.5. The van der Waals surface area contributed by atoms with Crippen LogP contribution in [0.4, 0.5) is 5.82 Å². The number of hydrogen-bond donors (Lipinski definition) is 1. The lowest BCUT2D eigenvalue weighted by Gasteiger charge is -2.33. The Kier molecular flexibility index (Phi) is 4.35. The Morgan fingerprint density at radius 3 is 2.91 bits per heavy atom. The van der Waals surface area contributed by atoms with Crippen LogP contribution in [0.25, 0.3) is 0 Å². The third kappa shape index (κ3) is 3.10. The van der Waals surface area contributed by atoms with Crippen molar-refractivity contribution in [3.63, 3.8) is 0 Å². The van der Waals surface area contributed by atoms with E-state index in [1.54, 1.807) is 12.4 Å². The van der Waals surface area contributed by atoms with Gasteiger partial charge in [-0.05, 0) is 6.92 Å². The molecule has 0 radical (unpaired) electrons. The van der Waals surface area contributed by atoms with Gasteiger partial charge >= 0.3 is 0 Å². The monoisotopic (exact) mass is 302 g/mol. The van der Waals surface area contributed by atoms with Crippen LogP contribution in [0, 0.1) is 6.92 Å². The maximum atomic E-state index is 5.94. The number of nitrogens with one attached hydrogen (secondary N) is 1. The summed E-state index contributed by atoms with van der Waals surface area (Å²) in [7, 11) is 3.95. The molecule has 2 aromatic rings. The quantitative estimate of drug-likeness (QED) is 0.913. The average Bonchev–Trinajstić information content (AvgIpc) is 2.93. The summed E-state index contributed by atoms with van der Waals surface area (Å²) in [6.45, 7) is 5.35. The number of aromatic amines is 1. The van der Waals surface area contributed by atoms with Crippen LogP contribution >= 0.6 is 0 Å². The summed E-state index contributed by atoms with van der Waals surface area (Å²) in [4.78, 5) is 13.3. The van der Waals surface area contributed by atoms with E-state index in [0.717, 1.165) is 36.8 Å². The van der Waals surface area contributed by atoms with Crippen LogP contribution in [0.15, 0.2) is 18.6 Å². The van der Waals surface area contributed by atoms with E-state index >= 15 is 0 Å². The summed E-state index contributed by atoms with van der Waals surface area (Å²) in [6.07, 6.45) is 5.29. The van der Waals surface area contributed by atoms with Gasteiger partial charge in [-0.25, -0.2) is 4.98 Å². The summed E-state index contributed by atoms with van der Waals surface area (Å²) in [5.74, 6) is 0.869. The molecule has 0 aliphatic carbocycles. The molecule has 2 aromatic heterocycles. The van der Waals surface area contributed by atoms with Crippen molar-refractivity contribution in [1.29, 1.82) is 0 Å². The third-order valence-corrected chi connectivity index (χ3v) is 3.91. The molecule has 1 fully saturated rings. The molecule has 1 atom stereocenters. The van der Waals surface area contributed by atoms with Gasteiger partial charge in [0.15, 0.2) is 5.82 Å². The fourth-order valence-corrected chi connectivity index (χ4v) is 2.70. The van der Waals surface area contributed by atoms with E-state index in [0.29, 0.717) is 6.61 Å². The lowest BCUT2D eigenvalue weighted by molar-refractivity contribution is -0.0349. The molecule has 7 heteroatoms. The van der Waals surface area contributed by atoms with Crippen molar-refractivity contribution in [3.05, 3.63) is 35.5 Å². The van der Waals surface area contributed by atoms with Gasteiger partial charge in [-0.15, -0.1) is 0 Å². The van der Waals surface area contributed by atoms with E-state index in [4.69, 9.17) is 4.74 Å². The van der Waals surface area contributed by atoms with Gasteiger partial charge in [0.05, 0.1) is 12.8 Å². The molecule has 1 N–H and O–H groups in total. The molecule has 3 rings (SSSR count).